The highest BCUT2D eigenvalue weighted by molar-refractivity contribution is 6.39. The summed E-state index contributed by atoms with van der Waals surface area (Å²) in [4.78, 5) is 21.5. The van der Waals surface area contributed by atoms with E-state index in [1.54, 1.807) is 24.3 Å². The van der Waals surface area contributed by atoms with Gasteiger partial charge >= 0.3 is 5.97 Å². The Morgan fingerprint density at radius 2 is 1.88 bits per heavy atom. The quantitative estimate of drug-likeness (QED) is 0.598. The molecule has 0 aliphatic rings. The van der Waals surface area contributed by atoms with E-state index in [9.17, 15) is 9.59 Å². The van der Waals surface area contributed by atoms with Crippen LogP contribution < -0.4 is 0 Å². The van der Waals surface area contributed by atoms with Crippen LogP contribution in [0, 0.1) is 0 Å². The molecule has 0 radical (unpaired) electrons. The summed E-state index contributed by atoms with van der Waals surface area (Å²) in [7, 11) is 0. The van der Waals surface area contributed by atoms with Gasteiger partial charge in [0, 0.05) is 0 Å². The smallest absolute Gasteiger partial charge is 0.379 e. The molecule has 16 heavy (non-hydrogen) atoms. The van der Waals surface area contributed by atoms with Gasteiger partial charge in [0.2, 0.25) is 0 Å². The average molecular weight is 217 g/mol. The lowest BCUT2D eigenvalue weighted by Crippen LogP contribution is -2.12. The Morgan fingerprint density at radius 1 is 1.19 bits per heavy atom. The Labute approximate surface area is 90.1 Å². The lowest BCUT2D eigenvalue weighted by molar-refractivity contribution is -0.131. The van der Waals surface area contributed by atoms with Crippen LogP contribution in [0.25, 0.3) is 5.69 Å². The summed E-state index contributed by atoms with van der Waals surface area (Å²) in [6, 6.07) is 8.97. The van der Waals surface area contributed by atoms with Gasteiger partial charge in [-0.1, -0.05) is 23.4 Å². The second-order valence-corrected chi connectivity index (χ2v) is 3.02. The molecule has 6 nitrogen and oxygen atoms in total. The Balaban J connectivity index is 2.34. The Hall–Kier alpha value is -2.50. The maximum atomic E-state index is 11.1. The third-order valence-corrected chi connectivity index (χ3v) is 1.94. The number of carbonyl (C=O) groups excluding carboxylic acids is 1. The van der Waals surface area contributed by atoms with E-state index in [1.165, 1.54) is 10.9 Å². The monoisotopic (exact) mass is 217 g/mol. The van der Waals surface area contributed by atoms with Gasteiger partial charge in [-0.3, -0.25) is 4.79 Å². The van der Waals surface area contributed by atoms with Crippen molar-refractivity contribution in [1.82, 2.24) is 15.0 Å². The molecular weight excluding hydrogens is 210 g/mol. The van der Waals surface area contributed by atoms with Crippen molar-refractivity contribution in [2.24, 2.45) is 0 Å². The molecule has 0 atom stereocenters. The van der Waals surface area contributed by atoms with E-state index < -0.39 is 11.8 Å². The summed E-state index contributed by atoms with van der Waals surface area (Å²) < 4.78 is 1.34. The van der Waals surface area contributed by atoms with Crippen LogP contribution in [-0.4, -0.2) is 31.9 Å². The largest absolute Gasteiger partial charge is 0.475 e. The molecule has 0 aliphatic heterocycles. The summed E-state index contributed by atoms with van der Waals surface area (Å²) in [6.07, 6.45) is 1.28. The number of nitrogens with zero attached hydrogens (tertiary/aromatic N) is 3. The summed E-state index contributed by atoms with van der Waals surface area (Å²) in [5.74, 6) is -2.61. The first-order valence-corrected chi connectivity index (χ1v) is 4.44. The predicted molar refractivity (Wildman–Crippen MR) is 53.3 cm³/mol. The number of hydrogen-bond donors (Lipinski definition) is 1. The minimum Gasteiger partial charge on any atom is -0.475 e. The number of carboxylic acids is 1. The fourth-order valence-electron chi connectivity index (χ4n) is 1.18. The summed E-state index contributed by atoms with van der Waals surface area (Å²) >= 11 is 0. The van der Waals surface area contributed by atoms with Crippen molar-refractivity contribution in [2.45, 2.75) is 0 Å². The number of ketones is 1. The van der Waals surface area contributed by atoms with Gasteiger partial charge in [0.15, 0.2) is 5.69 Å². The van der Waals surface area contributed by atoms with Gasteiger partial charge in [-0.2, -0.15) is 0 Å². The molecule has 0 unspecified atom stereocenters. The van der Waals surface area contributed by atoms with Crippen LogP contribution >= 0.6 is 0 Å². The molecule has 1 N–H and O–H groups in total. The molecule has 0 saturated carbocycles. The van der Waals surface area contributed by atoms with E-state index in [0.29, 0.717) is 5.69 Å². The summed E-state index contributed by atoms with van der Waals surface area (Å²) in [6.45, 7) is 0. The molecule has 0 amide bonds. The Kier molecular flexibility index (Phi) is 2.47. The van der Waals surface area contributed by atoms with Gasteiger partial charge in [-0.05, 0) is 12.1 Å². The number of carbonyl (C=O) groups is 2. The topological polar surface area (TPSA) is 85.1 Å². The SMILES string of the molecule is O=C(O)C(=O)c1cn(-c2ccccc2)nn1. The second-order valence-electron chi connectivity index (χ2n) is 3.02. The fraction of sp³-hybridized carbons (Fsp3) is 0. The Morgan fingerprint density at radius 3 is 2.50 bits per heavy atom. The normalized spacial score (nSPS) is 10.0. The van der Waals surface area contributed by atoms with Crippen molar-refractivity contribution in [3.8, 4) is 5.69 Å². The Bertz CT molecular complexity index is 533. The van der Waals surface area contributed by atoms with Crippen molar-refractivity contribution < 1.29 is 14.7 Å². The first kappa shape index (κ1) is 10.0. The zero-order valence-corrected chi connectivity index (χ0v) is 8.07. The number of benzene rings is 1. The van der Waals surface area contributed by atoms with Crippen molar-refractivity contribution in [2.75, 3.05) is 0 Å². The van der Waals surface area contributed by atoms with Gasteiger partial charge < -0.3 is 5.11 Å². The highest BCUT2D eigenvalue weighted by atomic mass is 16.4. The third kappa shape index (κ3) is 1.81. The van der Waals surface area contributed by atoms with Crippen molar-refractivity contribution in [1.29, 1.82) is 0 Å². The molecule has 1 heterocycles. The first-order valence-electron chi connectivity index (χ1n) is 4.44. The molecule has 1 aromatic carbocycles. The predicted octanol–water partition coefficient (Wildman–Crippen LogP) is 0.535. The molecule has 1 aromatic heterocycles. The lowest BCUT2D eigenvalue weighted by Gasteiger charge is -1.96. The van der Waals surface area contributed by atoms with Crippen LogP contribution in [-0.2, 0) is 4.79 Å². The molecule has 6 heteroatoms. The van der Waals surface area contributed by atoms with Crippen LogP contribution in [0.3, 0.4) is 0 Å². The number of para-hydroxylation sites is 1. The minimum atomic E-state index is -1.54. The van der Waals surface area contributed by atoms with E-state index in [1.807, 2.05) is 6.07 Å². The fourth-order valence-corrected chi connectivity index (χ4v) is 1.18. The number of rotatable bonds is 3. The zero-order valence-electron chi connectivity index (χ0n) is 8.07. The second kappa shape index (κ2) is 3.93. The van der Waals surface area contributed by atoms with Gasteiger partial charge in [-0.25, -0.2) is 9.48 Å². The van der Waals surface area contributed by atoms with Crippen LogP contribution in [0.4, 0.5) is 0 Å². The lowest BCUT2D eigenvalue weighted by atomic mass is 10.3. The van der Waals surface area contributed by atoms with E-state index in [-0.39, 0.29) is 5.69 Å². The first-order chi connectivity index (χ1) is 7.68. The minimum absolute atomic E-state index is 0.184. The highest BCUT2D eigenvalue weighted by Gasteiger charge is 2.18. The third-order valence-electron chi connectivity index (χ3n) is 1.94. The molecule has 80 valence electrons. The molecular formula is C10H7N3O3. The van der Waals surface area contributed by atoms with Gasteiger partial charge in [0.25, 0.3) is 5.78 Å². The highest BCUT2D eigenvalue weighted by Crippen LogP contribution is 2.05. The molecule has 2 aromatic rings. The molecule has 0 fully saturated rings. The number of hydrogen-bond acceptors (Lipinski definition) is 4. The molecule has 0 bridgehead atoms. The van der Waals surface area contributed by atoms with E-state index in [0.717, 1.165) is 0 Å². The van der Waals surface area contributed by atoms with Gasteiger partial charge in [0.05, 0.1) is 11.9 Å². The number of Topliss-reactive ketones (excluding diaryl/α,β-unsaturated/α-hetero) is 1. The zero-order chi connectivity index (χ0) is 11.5. The average Bonchev–Trinajstić information content (AvgIpc) is 2.78. The summed E-state index contributed by atoms with van der Waals surface area (Å²) in [5, 5.41) is 15.7. The number of aromatic nitrogens is 3. The summed E-state index contributed by atoms with van der Waals surface area (Å²) in [5.41, 5.74) is 0.524. The maximum absolute atomic E-state index is 11.1. The van der Waals surface area contributed by atoms with Crippen molar-refractivity contribution in [3.05, 3.63) is 42.2 Å². The van der Waals surface area contributed by atoms with E-state index in [4.69, 9.17) is 5.11 Å². The van der Waals surface area contributed by atoms with Crippen LogP contribution in [0.15, 0.2) is 36.5 Å². The van der Waals surface area contributed by atoms with Crippen molar-refractivity contribution >= 4 is 11.8 Å². The standard InChI is InChI=1S/C10H7N3O3/c14-9(10(15)16)8-6-13(12-11-8)7-4-2-1-3-5-7/h1-6H,(H,15,16). The van der Waals surface area contributed by atoms with Crippen LogP contribution in [0.5, 0.6) is 0 Å². The van der Waals surface area contributed by atoms with Gasteiger partial charge in [0.1, 0.15) is 0 Å². The van der Waals surface area contributed by atoms with Crippen LogP contribution in [0.2, 0.25) is 0 Å². The van der Waals surface area contributed by atoms with E-state index >= 15 is 0 Å². The number of carboxylic acid groups (broad SMARTS) is 1. The molecule has 0 saturated heterocycles. The van der Waals surface area contributed by atoms with E-state index in [2.05, 4.69) is 10.3 Å². The molecule has 2 rings (SSSR count). The molecule has 0 aliphatic carbocycles. The van der Waals surface area contributed by atoms with Gasteiger partial charge in [-0.15, -0.1) is 5.10 Å². The van der Waals surface area contributed by atoms with Crippen LogP contribution in [0.1, 0.15) is 10.5 Å². The maximum Gasteiger partial charge on any atom is 0.379 e. The molecule has 0 spiro atoms. The number of aliphatic carboxylic acids is 1. The van der Waals surface area contributed by atoms with Crippen molar-refractivity contribution in [3.63, 3.8) is 0 Å².